The quantitative estimate of drug-likeness (QED) is 0.0980. The predicted molar refractivity (Wildman–Crippen MR) is 180 cm³/mol. The Morgan fingerprint density at radius 3 is 2.20 bits per heavy atom. The van der Waals surface area contributed by atoms with E-state index in [0.717, 1.165) is 26.4 Å². The van der Waals surface area contributed by atoms with Gasteiger partial charge in [-0.05, 0) is 43.2 Å². The molecule has 0 aliphatic heterocycles. The van der Waals surface area contributed by atoms with Crippen molar-refractivity contribution in [3.8, 4) is 27.3 Å². The number of thiophene rings is 2. The summed E-state index contributed by atoms with van der Waals surface area (Å²) >= 11 is 3.95. The molecule has 10 heteroatoms. The molecule has 7 nitrogen and oxygen atoms in total. The monoisotopic (exact) mass is 637 g/mol. The Hall–Kier alpha value is -4.51. The standard InChI is InChI=1S/C34H27N3O4S3/c1-3-41-33(40)25-19-26(22-13-7-4-8-14-22)44-30(25)35-27(38)20-42-34-36-31-29(32(39)37(34)24-17-11-6-12-18-24)28(21(2)43-31)23-15-9-5-10-16-23/h4-19H,3,20H2,1-2H3,(H,35,38). The highest BCUT2D eigenvalue weighted by molar-refractivity contribution is 7.99. The molecular weight excluding hydrogens is 611 g/mol. The number of anilines is 1. The normalized spacial score (nSPS) is 11.0. The first-order valence-electron chi connectivity index (χ1n) is 13.9. The van der Waals surface area contributed by atoms with Gasteiger partial charge in [0.25, 0.3) is 5.56 Å². The van der Waals surface area contributed by atoms with Crippen molar-refractivity contribution in [3.05, 3.63) is 118 Å². The zero-order chi connectivity index (χ0) is 30.6. The van der Waals surface area contributed by atoms with E-state index in [9.17, 15) is 14.4 Å². The minimum atomic E-state index is -0.499. The van der Waals surface area contributed by atoms with E-state index in [1.54, 1.807) is 17.6 Å². The summed E-state index contributed by atoms with van der Waals surface area (Å²) in [5, 5.41) is 4.28. The Kier molecular flexibility index (Phi) is 8.74. The molecule has 3 aromatic carbocycles. The van der Waals surface area contributed by atoms with Gasteiger partial charge in [0.1, 0.15) is 9.83 Å². The van der Waals surface area contributed by atoms with Crippen molar-refractivity contribution in [2.75, 3.05) is 17.7 Å². The maximum absolute atomic E-state index is 14.2. The summed E-state index contributed by atoms with van der Waals surface area (Å²) in [6.07, 6.45) is 0. The third-order valence-corrected chi connectivity index (χ3v) is 9.86. The number of carbonyl (C=O) groups is 2. The molecule has 0 bridgehead atoms. The van der Waals surface area contributed by atoms with Crippen LogP contribution in [0.15, 0.2) is 107 Å². The van der Waals surface area contributed by atoms with Crippen molar-refractivity contribution in [2.24, 2.45) is 0 Å². The molecule has 0 unspecified atom stereocenters. The van der Waals surface area contributed by atoms with Gasteiger partial charge in [0, 0.05) is 15.3 Å². The van der Waals surface area contributed by atoms with Gasteiger partial charge in [0.15, 0.2) is 5.16 Å². The van der Waals surface area contributed by atoms with Crippen LogP contribution in [0.4, 0.5) is 5.00 Å². The van der Waals surface area contributed by atoms with Gasteiger partial charge in [-0.2, -0.15) is 0 Å². The largest absolute Gasteiger partial charge is 0.462 e. The Balaban J connectivity index is 1.34. The van der Waals surface area contributed by atoms with Crippen LogP contribution >= 0.6 is 34.4 Å². The van der Waals surface area contributed by atoms with Crippen LogP contribution in [-0.2, 0) is 9.53 Å². The fourth-order valence-electron chi connectivity index (χ4n) is 4.88. The van der Waals surface area contributed by atoms with Gasteiger partial charge >= 0.3 is 5.97 Å². The number of para-hydroxylation sites is 1. The third kappa shape index (κ3) is 5.96. The maximum Gasteiger partial charge on any atom is 0.341 e. The molecule has 1 amide bonds. The highest BCUT2D eigenvalue weighted by Gasteiger charge is 2.23. The van der Waals surface area contributed by atoms with Gasteiger partial charge < -0.3 is 10.1 Å². The van der Waals surface area contributed by atoms with Gasteiger partial charge in [-0.1, -0.05) is 90.6 Å². The van der Waals surface area contributed by atoms with E-state index in [4.69, 9.17) is 9.72 Å². The van der Waals surface area contributed by atoms with E-state index >= 15 is 0 Å². The van der Waals surface area contributed by atoms with Gasteiger partial charge in [0.2, 0.25) is 5.91 Å². The average Bonchev–Trinajstić information content (AvgIpc) is 3.62. The van der Waals surface area contributed by atoms with Gasteiger partial charge in [-0.15, -0.1) is 22.7 Å². The van der Waals surface area contributed by atoms with Crippen LogP contribution in [0, 0.1) is 6.92 Å². The number of carbonyl (C=O) groups excluding carboxylic acids is 2. The summed E-state index contributed by atoms with van der Waals surface area (Å²) in [5.74, 6) is -0.855. The molecule has 0 radical (unpaired) electrons. The molecule has 3 heterocycles. The number of nitrogens with zero attached hydrogens (tertiary/aromatic N) is 2. The summed E-state index contributed by atoms with van der Waals surface area (Å²) in [4.78, 5) is 47.6. The first-order chi connectivity index (χ1) is 21.4. The Bertz CT molecular complexity index is 2020. The SMILES string of the molecule is CCOC(=O)c1cc(-c2ccccc2)sc1NC(=O)CSc1nc2sc(C)c(-c3ccccc3)c2c(=O)n1-c1ccccc1. The lowest BCUT2D eigenvalue weighted by Gasteiger charge is -2.13. The Morgan fingerprint density at radius 1 is 0.909 bits per heavy atom. The zero-order valence-electron chi connectivity index (χ0n) is 23.9. The minimum absolute atomic E-state index is 0.0263. The molecule has 220 valence electrons. The second-order valence-electron chi connectivity index (χ2n) is 9.73. The fraction of sp³-hybridized carbons (Fsp3) is 0.118. The smallest absolute Gasteiger partial charge is 0.341 e. The summed E-state index contributed by atoms with van der Waals surface area (Å²) in [6, 6.07) is 30.5. The van der Waals surface area contributed by atoms with E-state index in [1.165, 1.54) is 34.4 Å². The molecule has 0 spiro atoms. The van der Waals surface area contributed by atoms with E-state index < -0.39 is 5.97 Å². The highest BCUT2D eigenvalue weighted by atomic mass is 32.2. The molecule has 0 aliphatic rings. The number of fused-ring (bicyclic) bond motifs is 1. The third-order valence-electron chi connectivity index (χ3n) is 6.82. The molecule has 44 heavy (non-hydrogen) atoms. The number of thioether (sulfide) groups is 1. The van der Waals surface area contributed by atoms with Crippen molar-refractivity contribution in [1.29, 1.82) is 0 Å². The summed E-state index contributed by atoms with van der Waals surface area (Å²) in [6.45, 7) is 3.95. The number of amides is 1. The van der Waals surface area contributed by atoms with Crippen LogP contribution in [-0.4, -0.2) is 33.8 Å². The lowest BCUT2D eigenvalue weighted by Crippen LogP contribution is -2.23. The fourth-order valence-corrected chi connectivity index (χ4v) is 7.85. The number of rotatable bonds is 9. The topological polar surface area (TPSA) is 90.3 Å². The molecule has 0 aliphatic carbocycles. The number of aromatic nitrogens is 2. The van der Waals surface area contributed by atoms with E-state index in [-0.39, 0.29) is 23.8 Å². The van der Waals surface area contributed by atoms with E-state index in [0.29, 0.717) is 31.6 Å². The number of benzene rings is 3. The van der Waals surface area contributed by atoms with Crippen molar-refractivity contribution in [1.82, 2.24) is 9.55 Å². The van der Waals surface area contributed by atoms with Gasteiger partial charge in [-0.25, -0.2) is 9.78 Å². The van der Waals surface area contributed by atoms with Gasteiger partial charge in [0.05, 0.1) is 29.0 Å². The van der Waals surface area contributed by atoms with Crippen LogP contribution in [0.25, 0.3) is 37.5 Å². The molecule has 0 saturated carbocycles. The number of hydrogen-bond donors (Lipinski definition) is 1. The number of esters is 1. The van der Waals surface area contributed by atoms with Crippen LogP contribution in [0.2, 0.25) is 0 Å². The Morgan fingerprint density at radius 2 is 1.55 bits per heavy atom. The molecular formula is C34H27N3O4S3. The molecule has 0 saturated heterocycles. The van der Waals surface area contributed by atoms with Crippen LogP contribution in [0.1, 0.15) is 22.2 Å². The maximum atomic E-state index is 14.2. The predicted octanol–water partition coefficient (Wildman–Crippen LogP) is 8.06. The molecule has 0 fully saturated rings. The zero-order valence-corrected chi connectivity index (χ0v) is 26.4. The molecule has 1 N–H and O–H groups in total. The second-order valence-corrected chi connectivity index (χ2v) is 12.9. The number of nitrogens with one attached hydrogen (secondary N) is 1. The number of aryl methyl sites for hydroxylation is 1. The summed E-state index contributed by atoms with van der Waals surface area (Å²) in [5.41, 5.74) is 3.54. The van der Waals surface area contributed by atoms with Crippen molar-refractivity contribution >= 4 is 61.5 Å². The molecule has 3 aromatic heterocycles. The average molecular weight is 638 g/mol. The van der Waals surface area contributed by atoms with Crippen molar-refractivity contribution in [3.63, 3.8) is 0 Å². The van der Waals surface area contributed by atoms with E-state index in [1.807, 2.05) is 97.9 Å². The van der Waals surface area contributed by atoms with Crippen molar-refractivity contribution < 1.29 is 14.3 Å². The number of ether oxygens (including phenoxy) is 1. The van der Waals surface area contributed by atoms with E-state index in [2.05, 4.69) is 5.32 Å². The molecule has 0 atom stereocenters. The first kappa shape index (κ1) is 29.6. The highest BCUT2D eigenvalue weighted by Crippen LogP contribution is 2.38. The number of hydrogen-bond acceptors (Lipinski definition) is 8. The van der Waals surface area contributed by atoms with Crippen molar-refractivity contribution in [2.45, 2.75) is 19.0 Å². The van der Waals surface area contributed by atoms with Gasteiger partial charge in [-0.3, -0.25) is 14.2 Å². The lowest BCUT2D eigenvalue weighted by molar-refractivity contribution is -0.113. The second kappa shape index (κ2) is 13.0. The molecule has 6 rings (SSSR count). The van der Waals surface area contributed by atoms with Crippen LogP contribution in [0.3, 0.4) is 0 Å². The first-order valence-corrected chi connectivity index (χ1v) is 16.5. The van der Waals surface area contributed by atoms with Crippen LogP contribution < -0.4 is 10.9 Å². The Labute approximate surface area is 266 Å². The molecule has 6 aromatic rings. The summed E-state index contributed by atoms with van der Waals surface area (Å²) in [7, 11) is 0. The lowest BCUT2D eigenvalue weighted by atomic mass is 10.0. The summed E-state index contributed by atoms with van der Waals surface area (Å²) < 4.78 is 6.83. The minimum Gasteiger partial charge on any atom is -0.462 e. The van der Waals surface area contributed by atoms with Crippen LogP contribution in [0.5, 0.6) is 0 Å².